The summed E-state index contributed by atoms with van der Waals surface area (Å²) >= 11 is 0. The fraction of sp³-hybridized carbons (Fsp3) is 0.600. The van der Waals surface area contributed by atoms with Crippen molar-refractivity contribution in [2.24, 2.45) is 0 Å². The highest BCUT2D eigenvalue weighted by molar-refractivity contribution is 5.86. The smallest absolute Gasteiger partial charge is 0.422 e. The Bertz CT molecular complexity index is 1060. The first-order valence-electron chi connectivity index (χ1n) is 10.3. The van der Waals surface area contributed by atoms with Crippen LogP contribution in [0.5, 0.6) is 6.01 Å². The number of likely N-dealkylation sites (tertiary alicyclic amines) is 1. The molecule has 4 heterocycles. The second kappa shape index (κ2) is 7.89. The Kier molecular flexibility index (Phi) is 5.58. The van der Waals surface area contributed by atoms with Crippen LogP contribution < -0.4 is 4.74 Å². The van der Waals surface area contributed by atoms with Gasteiger partial charge in [0.2, 0.25) is 0 Å². The first kappa shape index (κ1) is 23.3. The van der Waals surface area contributed by atoms with Crippen molar-refractivity contribution in [3.63, 3.8) is 0 Å². The number of halogens is 5. The molecule has 0 aromatic carbocycles. The van der Waals surface area contributed by atoms with Crippen molar-refractivity contribution in [2.75, 3.05) is 26.7 Å². The summed E-state index contributed by atoms with van der Waals surface area (Å²) in [7, 11) is 1.86. The molecule has 2 aliphatic heterocycles. The number of hydrogen-bond donors (Lipinski definition) is 0. The van der Waals surface area contributed by atoms with E-state index in [1.807, 2.05) is 11.9 Å². The summed E-state index contributed by atoms with van der Waals surface area (Å²) in [5.41, 5.74) is -2.16. The van der Waals surface area contributed by atoms with Gasteiger partial charge in [-0.15, -0.1) is 0 Å². The third kappa shape index (κ3) is 4.25. The van der Waals surface area contributed by atoms with Crippen molar-refractivity contribution in [1.29, 1.82) is 0 Å². The molecule has 0 bridgehead atoms. The molecule has 0 atom stereocenters. The van der Waals surface area contributed by atoms with Gasteiger partial charge in [0.25, 0.3) is 5.91 Å². The maximum absolute atomic E-state index is 15.6. The van der Waals surface area contributed by atoms with E-state index in [0.717, 1.165) is 4.68 Å². The Morgan fingerprint density at radius 1 is 1.21 bits per heavy atom. The fourth-order valence-electron chi connectivity index (χ4n) is 4.27. The minimum absolute atomic E-state index is 0.0623. The largest absolute Gasteiger partial charge is 0.454 e. The topological polar surface area (TPSA) is 76.4 Å². The number of ether oxygens (including phenoxy) is 1. The summed E-state index contributed by atoms with van der Waals surface area (Å²) in [6, 6.07) is -0.675. The molecule has 2 aromatic rings. The first-order chi connectivity index (χ1) is 15.3. The molecule has 1 saturated heterocycles. The van der Waals surface area contributed by atoms with Crippen molar-refractivity contribution in [3.8, 4) is 11.8 Å². The van der Waals surface area contributed by atoms with Gasteiger partial charge in [-0.2, -0.15) is 23.3 Å². The van der Waals surface area contributed by atoms with Crippen LogP contribution in [0.25, 0.3) is 5.82 Å². The van der Waals surface area contributed by atoms with Gasteiger partial charge in [-0.1, -0.05) is 0 Å². The van der Waals surface area contributed by atoms with Crippen LogP contribution in [-0.4, -0.2) is 74.0 Å². The molecule has 1 fully saturated rings. The number of amides is 1. The van der Waals surface area contributed by atoms with Gasteiger partial charge in [0.15, 0.2) is 23.9 Å². The summed E-state index contributed by atoms with van der Waals surface area (Å²) < 4.78 is 73.1. The standard InChI is InChI=1S/C20H23F5N6O2/c1-18(2)14-12(10-30(18)16(32)19(22)4-6-29(3)7-5-19)8-27-31(14)15-13(21)9-26-17(28-15)33-11-20(23,24)25/h8-9H,4-7,10-11H2,1-3H3. The highest BCUT2D eigenvalue weighted by Crippen LogP contribution is 2.43. The Labute approximate surface area is 186 Å². The van der Waals surface area contributed by atoms with E-state index < -0.39 is 47.5 Å². The summed E-state index contributed by atoms with van der Waals surface area (Å²) in [6.07, 6.45) is -2.40. The lowest BCUT2D eigenvalue weighted by Crippen LogP contribution is -2.54. The maximum atomic E-state index is 15.6. The van der Waals surface area contributed by atoms with E-state index in [1.165, 1.54) is 11.1 Å². The molecule has 0 radical (unpaired) electrons. The van der Waals surface area contributed by atoms with Crippen molar-refractivity contribution in [1.82, 2.24) is 29.5 Å². The monoisotopic (exact) mass is 474 g/mol. The van der Waals surface area contributed by atoms with Crippen LogP contribution >= 0.6 is 0 Å². The molecule has 13 heteroatoms. The van der Waals surface area contributed by atoms with E-state index in [4.69, 9.17) is 0 Å². The van der Waals surface area contributed by atoms with Gasteiger partial charge in [-0.05, 0) is 20.9 Å². The highest BCUT2D eigenvalue weighted by Gasteiger charge is 2.52. The number of alkyl halides is 4. The molecule has 2 aliphatic rings. The van der Waals surface area contributed by atoms with Crippen LogP contribution in [0.2, 0.25) is 0 Å². The SMILES string of the molecule is CN1CCC(F)(C(=O)N2Cc3cnn(-c4nc(OCC(F)(F)F)ncc4F)c3C2(C)C)CC1. The zero-order valence-corrected chi connectivity index (χ0v) is 18.3. The van der Waals surface area contributed by atoms with Gasteiger partial charge < -0.3 is 14.5 Å². The van der Waals surface area contributed by atoms with Crippen LogP contribution in [0.1, 0.15) is 37.9 Å². The number of hydrogen-bond acceptors (Lipinski definition) is 6. The summed E-state index contributed by atoms with van der Waals surface area (Å²) in [5, 5.41) is 4.12. The van der Waals surface area contributed by atoms with Gasteiger partial charge in [0, 0.05) is 31.5 Å². The number of rotatable bonds is 4. The quantitative estimate of drug-likeness (QED) is 0.635. The second-order valence-electron chi connectivity index (χ2n) is 8.88. The molecule has 1 amide bonds. The number of carbonyl (C=O) groups is 1. The van der Waals surface area contributed by atoms with E-state index in [9.17, 15) is 22.4 Å². The molecule has 33 heavy (non-hydrogen) atoms. The molecule has 0 spiro atoms. The van der Waals surface area contributed by atoms with E-state index >= 15 is 4.39 Å². The van der Waals surface area contributed by atoms with Crippen LogP contribution in [0, 0.1) is 5.82 Å². The third-order valence-electron chi connectivity index (χ3n) is 6.10. The van der Waals surface area contributed by atoms with Gasteiger partial charge in [-0.25, -0.2) is 18.4 Å². The molecular formula is C20H23F5N6O2. The average Bonchev–Trinajstić information content (AvgIpc) is 3.27. The summed E-state index contributed by atoms with van der Waals surface area (Å²) in [4.78, 5) is 23.8. The molecule has 0 unspecified atom stereocenters. The summed E-state index contributed by atoms with van der Waals surface area (Å²) in [6.45, 7) is 2.67. The van der Waals surface area contributed by atoms with Crippen molar-refractivity contribution >= 4 is 5.91 Å². The minimum Gasteiger partial charge on any atom is -0.454 e. The summed E-state index contributed by atoms with van der Waals surface area (Å²) in [5.74, 6) is -2.03. The molecule has 4 rings (SSSR count). The van der Waals surface area contributed by atoms with Crippen LogP contribution in [-0.2, 0) is 16.9 Å². The van der Waals surface area contributed by atoms with Crippen molar-refractivity contribution < 1.29 is 31.5 Å². The van der Waals surface area contributed by atoms with Crippen molar-refractivity contribution in [3.05, 3.63) is 29.5 Å². The number of carbonyl (C=O) groups excluding carboxylic acids is 1. The van der Waals surface area contributed by atoms with Crippen molar-refractivity contribution in [2.45, 2.75) is 50.6 Å². The zero-order chi connectivity index (χ0) is 24.2. The van der Waals surface area contributed by atoms with E-state index in [-0.39, 0.29) is 19.4 Å². The third-order valence-corrected chi connectivity index (χ3v) is 6.10. The number of aromatic nitrogens is 4. The lowest BCUT2D eigenvalue weighted by Gasteiger charge is -2.40. The predicted octanol–water partition coefficient (Wildman–Crippen LogP) is 2.75. The molecule has 8 nitrogen and oxygen atoms in total. The Balaban J connectivity index is 1.65. The van der Waals surface area contributed by atoms with Gasteiger partial charge in [-0.3, -0.25) is 4.79 Å². The lowest BCUT2D eigenvalue weighted by molar-refractivity contribution is -0.154. The van der Waals surface area contributed by atoms with Crippen LogP contribution in [0.4, 0.5) is 22.0 Å². The highest BCUT2D eigenvalue weighted by atomic mass is 19.4. The van der Waals surface area contributed by atoms with E-state index in [0.29, 0.717) is 30.5 Å². The molecule has 0 saturated carbocycles. The maximum Gasteiger partial charge on any atom is 0.422 e. The number of piperidine rings is 1. The fourth-order valence-corrected chi connectivity index (χ4v) is 4.27. The predicted molar refractivity (Wildman–Crippen MR) is 105 cm³/mol. The Morgan fingerprint density at radius 3 is 2.52 bits per heavy atom. The van der Waals surface area contributed by atoms with E-state index in [2.05, 4.69) is 19.8 Å². The molecule has 0 N–H and O–H groups in total. The Hall–Kier alpha value is -2.83. The number of fused-ring (bicyclic) bond motifs is 1. The van der Waals surface area contributed by atoms with Crippen LogP contribution in [0.3, 0.4) is 0 Å². The normalized spacial score (nSPS) is 20.1. The van der Waals surface area contributed by atoms with Crippen LogP contribution in [0.15, 0.2) is 12.4 Å². The molecule has 180 valence electrons. The lowest BCUT2D eigenvalue weighted by atomic mass is 9.90. The van der Waals surface area contributed by atoms with Gasteiger partial charge in [0.05, 0.1) is 30.2 Å². The van der Waals surface area contributed by atoms with Gasteiger partial charge in [0.1, 0.15) is 0 Å². The average molecular weight is 474 g/mol. The zero-order valence-electron chi connectivity index (χ0n) is 18.3. The second-order valence-corrected chi connectivity index (χ2v) is 8.88. The van der Waals surface area contributed by atoms with E-state index in [1.54, 1.807) is 13.8 Å². The van der Waals surface area contributed by atoms with Gasteiger partial charge >= 0.3 is 12.2 Å². The Morgan fingerprint density at radius 2 is 1.88 bits per heavy atom. The molecule has 0 aliphatic carbocycles. The molecular weight excluding hydrogens is 451 g/mol. The first-order valence-corrected chi connectivity index (χ1v) is 10.3. The molecule has 2 aromatic heterocycles. The number of nitrogens with zero attached hydrogens (tertiary/aromatic N) is 6. The minimum atomic E-state index is -4.62.